The van der Waals surface area contributed by atoms with Crippen LogP contribution in [0.5, 0.6) is 0 Å². The first-order valence-electron chi connectivity index (χ1n) is 11.0. The Labute approximate surface area is 192 Å². The molecule has 0 radical (unpaired) electrons. The number of aliphatic imine (C=N–C) groups is 1. The minimum Gasteiger partial charge on any atom is -0.368 e. The van der Waals surface area contributed by atoms with Crippen LogP contribution >= 0.6 is 0 Å². The number of carbonyl (C=O) groups excluding carboxylic acids is 1. The topological polar surface area (TPSA) is 82.0 Å². The fourth-order valence-corrected chi connectivity index (χ4v) is 3.87. The van der Waals surface area contributed by atoms with Crippen molar-refractivity contribution in [2.75, 3.05) is 18.4 Å². The van der Waals surface area contributed by atoms with Gasteiger partial charge in [-0.1, -0.05) is 66.7 Å². The van der Waals surface area contributed by atoms with Crippen molar-refractivity contribution < 1.29 is 4.79 Å². The Hall–Kier alpha value is -4.26. The molecule has 7 heteroatoms. The molecule has 2 aliphatic rings. The number of fused-ring (bicyclic) bond motifs is 1. The van der Waals surface area contributed by atoms with Crippen LogP contribution in [-0.4, -0.2) is 46.6 Å². The lowest BCUT2D eigenvalue weighted by Crippen LogP contribution is -2.34. The van der Waals surface area contributed by atoms with Crippen molar-refractivity contribution in [3.8, 4) is 0 Å². The Morgan fingerprint density at radius 2 is 1.64 bits per heavy atom. The third-order valence-corrected chi connectivity index (χ3v) is 5.48. The van der Waals surface area contributed by atoms with Crippen molar-refractivity contribution in [1.29, 1.82) is 0 Å². The highest BCUT2D eigenvalue weighted by Crippen LogP contribution is 2.32. The standard InChI is InChI=1S/C26H24N6O/c33-26(29-16-15-28-24-13-7-8-14-27-24)22-18-25-30-21(19-9-3-1-4-10-19)17-23(32(25)31-22)20-11-5-2-6-12-20/h1-14,17,25H,15-16,18H2,(H,27,28)(H,29,33). The molecule has 0 aliphatic carbocycles. The van der Waals surface area contributed by atoms with E-state index in [4.69, 9.17) is 4.99 Å². The highest BCUT2D eigenvalue weighted by molar-refractivity contribution is 6.39. The summed E-state index contributed by atoms with van der Waals surface area (Å²) >= 11 is 0. The van der Waals surface area contributed by atoms with Crippen LogP contribution in [0.15, 0.2) is 101 Å². The van der Waals surface area contributed by atoms with Gasteiger partial charge >= 0.3 is 0 Å². The van der Waals surface area contributed by atoms with Gasteiger partial charge in [-0.05, 0) is 29.3 Å². The number of nitrogens with zero attached hydrogens (tertiary/aromatic N) is 4. The van der Waals surface area contributed by atoms with Crippen LogP contribution < -0.4 is 10.6 Å². The lowest BCUT2D eigenvalue weighted by molar-refractivity contribution is -0.114. The molecule has 1 atom stereocenters. The molecule has 5 rings (SSSR count). The van der Waals surface area contributed by atoms with Gasteiger partial charge in [-0.15, -0.1) is 0 Å². The minimum absolute atomic E-state index is 0.170. The van der Waals surface area contributed by atoms with Crippen LogP contribution in [0.4, 0.5) is 5.82 Å². The second-order valence-electron chi connectivity index (χ2n) is 7.75. The number of nitrogens with one attached hydrogen (secondary N) is 2. The van der Waals surface area contributed by atoms with Gasteiger partial charge in [-0.25, -0.2) is 9.99 Å². The van der Waals surface area contributed by atoms with Gasteiger partial charge in [0.15, 0.2) is 0 Å². The number of hydrogen-bond acceptors (Lipinski definition) is 6. The van der Waals surface area contributed by atoms with E-state index in [1.807, 2.05) is 89.9 Å². The zero-order valence-corrected chi connectivity index (χ0v) is 18.1. The first-order valence-corrected chi connectivity index (χ1v) is 11.0. The average molecular weight is 437 g/mol. The predicted molar refractivity (Wildman–Crippen MR) is 131 cm³/mol. The summed E-state index contributed by atoms with van der Waals surface area (Å²) < 4.78 is 0. The molecular weight excluding hydrogens is 412 g/mol. The molecule has 0 bridgehead atoms. The number of aromatic nitrogens is 1. The Balaban J connectivity index is 1.31. The Morgan fingerprint density at radius 3 is 2.36 bits per heavy atom. The van der Waals surface area contributed by atoms with Gasteiger partial charge in [0.25, 0.3) is 5.91 Å². The second kappa shape index (κ2) is 9.48. The minimum atomic E-state index is -0.243. The highest BCUT2D eigenvalue weighted by Gasteiger charge is 2.35. The van der Waals surface area contributed by atoms with Gasteiger partial charge in [0.2, 0.25) is 0 Å². The van der Waals surface area contributed by atoms with E-state index in [1.165, 1.54) is 0 Å². The summed E-state index contributed by atoms with van der Waals surface area (Å²) in [6, 6.07) is 25.9. The molecule has 3 heterocycles. The highest BCUT2D eigenvalue weighted by atomic mass is 16.2. The van der Waals surface area contributed by atoms with Crippen molar-refractivity contribution in [2.24, 2.45) is 10.1 Å². The van der Waals surface area contributed by atoms with E-state index in [-0.39, 0.29) is 12.1 Å². The quantitative estimate of drug-likeness (QED) is 0.555. The molecule has 3 aromatic rings. The molecule has 0 fully saturated rings. The number of benzene rings is 2. The Bertz CT molecular complexity index is 1210. The summed E-state index contributed by atoms with van der Waals surface area (Å²) in [5.74, 6) is 0.610. The van der Waals surface area contributed by atoms with E-state index in [0.29, 0.717) is 25.2 Å². The van der Waals surface area contributed by atoms with Crippen LogP contribution in [0.25, 0.3) is 5.70 Å². The largest absolute Gasteiger partial charge is 0.368 e. The molecule has 164 valence electrons. The SMILES string of the molecule is O=C(NCCNc1ccccn1)C1=NN2C(c3ccccc3)=CC(c3ccccc3)=NC2C1. The molecule has 1 amide bonds. The summed E-state index contributed by atoms with van der Waals surface area (Å²) in [7, 11) is 0. The Kier molecular flexibility index (Phi) is 5.93. The van der Waals surface area contributed by atoms with Crippen LogP contribution in [0, 0.1) is 0 Å². The molecule has 2 aromatic carbocycles. The predicted octanol–water partition coefficient (Wildman–Crippen LogP) is 3.54. The van der Waals surface area contributed by atoms with Crippen molar-refractivity contribution in [3.05, 3.63) is 102 Å². The average Bonchev–Trinajstić information content (AvgIpc) is 3.32. The molecular formula is C26H24N6O. The van der Waals surface area contributed by atoms with Gasteiger partial charge in [-0.2, -0.15) is 5.10 Å². The maximum atomic E-state index is 12.8. The number of anilines is 1. The molecule has 2 N–H and O–H groups in total. The van der Waals surface area contributed by atoms with Gasteiger partial charge in [0.1, 0.15) is 17.7 Å². The third-order valence-electron chi connectivity index (χ3n) is 5.48. The smallest absolute Gasteiger partial charge is 0.267 e. The molecule has 2 aliphatic heterocycles. The first-order chi connectivity index (χ1) is 16.3. The summed E-state index contributed by atoms with van der Waals surface area (Å²) in [6.45, 7) is 1.05. The Morgan fingerprint density at radius 1 is 0.909 bits per heavy atom. The van der Waals surface area contributed by atoms with Gasteiger partial charge in [-0.3, -0.25) is 9.79 Å². The molecule has 33 heavy (non-hydrogen) atoms. The number of pyridine rings is 1. The van der Waals surface area contributed by atoms with Crippen LogP contribution in [0.1, 0.15) is 17.5 Å². The second-order valence-corrected chi connectivity index (χ2v) is 7.75. The number of carbonyl (C=O) groups is 1. The normalized spacial score (nSPS) is 16.9. The molecule has 0 saturated carbocycles. The molecule has 7 nitrogen and oxygen atoms in total. The van der Waals surface area contributed by atoms with Crippen molar-refractivity contribution in [1.82, 2.24) is 15.3 Å². The summed E-state index contributed by atoms with van der Waals surface area (Å²) in [6.07, 6.45) is 3.99. The van der Waals surface area contributed by atoms with Crippen LogP contribution in [0.3, 0.4) is 0 Å². The van der Waals surface area contributed by atoms with Gasteiger partial charge in [0.05, 0.1) is 11.4 Å². The van der Waals surface area contributed by atoms with Crippen molar-refractivity contribution in [3.63, 3.8) is 0 Å². The van der Waals surface area contributed by atoms with Crippen LogP contribution in [-0.2, 0) is 4.79 Å². The summed E-state index contributed by atoms with van der Waals surface area (Å²) in [4.78, 5) is 21.9. The lowest BCUT2D eigenvalue weighted by Gasteiger charge is -2.28. The van der Waals surface area contributed by atoms with Gasteiger partial charge < -0.3 is 10.6 Å². The molecule has 0 spiro atoms. The lowest BCUT2D eigenvalue weighted by atomic mass is 10.0. The monoisotopic (exact) mass is 436 g/mol. The maximum Gasteiger partial charge on any atom is 0.267 e. The zero-order chi connectivity index (χ0) is 22.5. The molecule has 1 aromatic heterocycles. The molecule has 1 unspecified atom stereocenters. The van der Waals surface area contributed by atoms with Crippen molar-refractivity contribution in [2.45, 2.75) is 12.6 Å². The zero-order valence-electron chi connectivity index (χ0n) is 18.1. The van der Waals surface area contributed by atoms with E-state index in [0.717, 1.165) is 28.4 Å². The molecule has 0 saturated heterocycles. The van der Waals surface area contributed by atoms with E-state index in [1.54, 1.807) is 6.20 Å². The van der Waals surface area contributed by atoms with Gasteiger partial charge in [0, 0.05) is 25.7 Å². The fourth-order valence-electron chi connectivity index (χ4n) is 3.87. The van der Waals surface area contributed by atoms with E-state index >= 15 is 0 Å². The summed E-state index contributed by atoms with van der Waals surface area (Å²) in [5.41, 5.74) is 4.40. The summed E-state index contributed by atoms with van der Waals surface area (Å²) in [5, 5.41) is 12.7. The number of hydrogen-bond donors (Lipinski definition) is 2. The van der Waals surface area contributed by atoms with Crippen molar-refractivity contribution >= 4 is 28.8 Å². The fraction of sp³-hybridized carbons (Fsp3) is 0.154. The third kappa shape index (κ3) is 4.67. The maximum absolute atomic E-state index is 12.8. The number of hydrazone groups is 1. The van der Waals surface area contributed by atoms with E-state index < -0.39 is 0 Å². The number of allylic oxidation sites excluding steroid dienone is 1. The number of amides is 1. The van der Waals surface area contributed by atoms with E-state index in [9.17, 15) is 4.79 Å². The number of rotatable bonds is 7. The van der Waals surface area contributed by atoms with Crippen LogP contribution in [0.2, 0.25) is 0 Å². The first kappa shape index (κ1) is 20.6. The van der Waals surface area contributed by atoms with E-state index in [2.05, 4.69) is 20.7 Å².